The smallest absolute Gasteiger partial charge is 0.324 e. The molecule has 0 radical (unpaired) electrons. The highest BCUT2D eigenvalue weighted by Crippen LogP contribution is 2.27. The maximum atomic E-state index is 12.3. The number of aliphatic carboxylic acids is 1. The standard InChI is InChI=1S/C17H18N2O4S2/c1-11(6-5-9-19-2)16(22)25-14-8-4-3-7-12(14)17(24)23-10-13(18)15(20)21/h3-9,13H,2,10,18H2,1H3,(H,20,21)/b9-5-,11-6+/t13-/m0/s1. The van der Waals surface area contributed by atoms with Crippen molar-refractivity contribution in [1.82, 2.24) is 0 Å². The van der Waals surface area contributed by atoms with E-state index in [9.17, 15) is 9.59 Å². The van der Waals surface area contributed by atoms with Crippen molar-refractivity contribution in [2.45, 2.75) is 17.9 Å². The summed E-state index contributed by atoms with van der Waals surface area (Å²) in [5.74, 6) is -1.18. The summed E-state index contributed by atoms with van der Waals surface area (Å²) >= 11 is 6.18. The van der Waals surface area contributed by atoms with Gasteiger partial charge in [-0.3, -0.25) is 14.6 Å². The number of allylic oxidation sites excluding steroid dienone is 2. The summed E-state index contributed by atoms with van der Waals surface area (Å²) in [6.07, 6.45) is 4.73. The number of rotatable bonds is 8. The van der Waals surface area contributed by atoms with E-state index in [0.29, 0.717) is 16.0 Å². The van der Waals surface area contributed by atoms with E-state index in [1.54, 1.807) is 43.3 Å². The van der Waals surface area contributed by atoms with E-state index in [0.717, 1.165) is 11.8 Å². The molecule has 0 fully saturated rings. The van der Waals surface area contributed by atoms with Gasteiger partial charge in [-0.25, -0.2) is 0 Å². The molecule has 1 atom stereocenters. The van der Waals surface area contributed by atoms with E-state index in [2.05, 4.69) is 11.7 Å². The second kappa shape index (κ2) is 10.5. The van der Waals surface area contributed by atoms with Gasteiger partial charge in [0.2, 0.25) is 5.12 Å². The van der Waals surface area contributed by atoms with Gasteiger partial charge >= 0.3 is 5.97 Å². The number of thiocarbonyl (C=S) groups is 1. The molecule has 0 bridgehead atoms. The molecule has 0 aliphatic carbocycles. The Bertz CT molecular complexity index is 729. The minimum absolute atomic E-state index is 0.0879. The van der Waals surface area contributed by atoms with Gasteiger partial charge in [-0.15, -0.1) is 0 Å². The van der Waals surface area contributed by atoms with Crippen LogP contribution in [0.25, 0.3) is 0 Å². The van der Waals surface area contributed by atoms with Crippen LogP contribution < -0.4 is 5.73 Å². The number of hydrogen-bond acceptors (Lipinski definition) is 7. The molecule has 6 nitrogen and oxygen atoms in total. The highest BCUT2D eigenvalue weighted by molar-refractivity contribution is 8.14. The summed E-state index contributed by atoms with van der Waals surface area (Å²) in [7, 11) is 0. The molecule has 0 saturated heterocycles. The summed E-state index contributed by atoms with van der Waals surface area (Å²) in [5, 5.41) is 8.70. The third-order valence-corrected chi connectivity index (χ3v) is 4.30. The lowest BCUT2D eigenvalue weighted by Crippen LogP contribution is -2.35. The van der Waals surface area contributed by atoms with E-state index in [-0.39, 0.29) is 16.8 Å². The number of ether oxygens (including phenoxy) is 1. The van der Waals surface area contributed by atoms with Crippen LogP contribution >= 0.6 is 24.0 Å². The van der Waals surface area contributed by atoms with Crippen LogP contribution in [0.3, 0.4) is 0 Å². The van der Waals surface area contributed by atoms with Gasteiger partial charge in [0.25, 0.3) is 0 Å². The molecule has 3 N–H and O–H groups in total. The first kappa shape index (κ1) is 20.8. The molecule has 8 heteroatoms. The number of carboxylic acids is 1. The average molecular weight is 378 g/mol. The highest BCUT2D eigenvalue weighted by atomic mass is 32.2. The van der Waals surface area contributed by atoms with Crippen LogP contribution in [0.2, 0.25) is 0 Å². The number of carbonyl (C=O) groups excluding carboxylic acids is 1. The Balaban J connectivity index is 2.86. The molecular formula is C17H18N2O4S2. The van der Waals surface area contributed by atoms with E-state index in [1.165, 1.54) is 6.20 Å². The Kier molecular flexibility index (Phi) is 8.76. The predicted molar refractivity (Wildman–Crippen MR) is 103 cm³/mol. The Morgan fingerprint density at radius 3 is 2.80 bits per heavy atom. The third kappa shape index (κ3) is 7.00. The summed E-state index contributed by atoms with van der Waals surface area (Å²) in [5.41, 5.74) is 6.45. The average Bonchev–Trinajstić information content (AvgIpc) is 2.59. The van der Waals surface area contributed by atoms with Crippen molar-refractivity contribution in [3.8, 4) is 0 Å². The van der Waals surface area contributed by atoms with Crippen molar-refractivity contribution in [3.05, 3.63) is 53.8 Å². The number of hydrogen-bond donors (Lipinski definition) is 2. The molecule has 0 aliphatic rings. The molecular weight excluding hydrogens is 360 g/mol. The Labute approximate surface area is 155 Å². The maximum Gasteiger partial charge on any atom is 0.324 e. The van der Waals surface area contributed by atoms with Gasteiger partial charge in [-0.2, -0.15) is 0 Å². The van der Waals surface area contributed by atoms with Crippen LogP contribution in [0.4, 0.5) is 0 Å². The molecule has 0 aromatic heterocycles. The minimum atomic E-state index is -1.18. The van der Waals surface area contributed by atoms with Crippen LogP contribution in [0.5, 0.6) is 0 Å². The molecule has 1 rings (SSSR count). The third-order valence-electron chi connectivity index (χ3n) is 2.88. The first-order valence-corrected chi connectivity index (χ1v) is 8.35. The molecule has 0 aliphatic heterocycles. The maximum absolute atomic E-state index is 12.3. The number of aliphatic imine (C=N–C) groups is 1. The van der Waals surface area contributed by atoms with E-state index < -0.39 is 12.0 Å². The van der Waals surface area contributed by atoms with Gasteiger partial charge in [0.05, 0.1) is 0 Å². The van der Waals surface area contributed by atoms with Gasteiger partial charge < -0.3 is 15.6 Å². The lowest BCUT2D eigenvalue weighted by atomic mass is 10.2. The summed E-state index contributed by atoms with van der Waals surface area (Å²) < 4.78 is 5.27. The van der Waals surface area contributed by atoms with E-state index >= 15 is 0 Å². The fourth-order valence-electron chi connectivity index (χ4n) is 1.54. The largest absolute Gasteiger partial charge is 0.481 e. The Hall–Kier alpha value is -2.29. The molecule has 25 heavy (non-hydrogen) atoms. The molecule has 0 amide bonds. The number of thioether (sulfide) groups is 1. The SMILES string of the molecule is C=N/C=C\C=C(/C)C(=O)Sc1ccccc1C(=S)OC[C@H](N)C(=O)O. The fraction of sp³-hybridized carbons (Fsp3) is 0.176. The zero-order valence-corrected chi connectivity index (χ0v) is 15.2. The monoisotopic (exact) mass is 378 g/mol. The topological polar surface area (TPSA) is 102 Å². The Morgan fingerprint density at radius 1 is 1.48 bits per heavy atom. The molecule has 0 saturated carbocycles. The summed E-state index contributed by atoms with van der Waals surface area (Å²) in [6, 6.07) is 5.78. The van der Waals surface area contributed by atoms with Gasteiger partial charge in [0.1, 0.15) is 12.6 Å². The van der Waals surface area contributed by atoms with Crippen LogP contribution in [-0.2, 0) is 14.3 Å². The van der Waals surface area contributed by atoms with Gasteiger partial charge in [-0.1, -0.05) is 18.2 Å². The summed E-state index contributed by atoms with van der Waals surface area (Å²) in [4.78, 5) is 27.2. The highest BCUT2D eigenvalue weighted by Gasteiger charge is 2.17. The predicted octanol–water partition coefficient (Wildman–Crippen LogP) is 2.57. The number of carboxylic acid groups (broad SMARTS) is 1. The van der Waals surface area contributed by atoms with Gasteiger partial charge in [0.15, 0.2) is 5.05 Å². The molecule has 1 aromatic rings. The number of nitrogens with two attached hydrogens (primary N) is 1. The van der Waals surface area contributed by atoms with Crippen molar-refractivity contribution in [3.63, 3.8) is 0 Å². The van der Waals surface area contributed by atoms with E-state index in [1.807, 2.05) is 0 Å². The molecule has 0 spiro atoms. The second-order valence-electron chi connectivity index (χ2n) is 4.80. The number of nitrogens with zero attached hydrogens (tertiary/aromatic N) is 1. The van der Waals surface area contributed by atoms with Crippen molar-refractivity contribution in [2.75, 3.05) is 6.61 Å². The quantitative estimate of drug-likeness (QED) is 0.236. The van der Waals surface area contributed by atoms with E-state index in [4.69, 9.17) is 27.8 Å². The lowest BCUT2D eigenvalue weighted by Gasteiger charge is -2.13. The molecule has 1 aromatic carbocycles. The van der Waals surface area contributed by atoms with Gasteiger partial charge in [-0.05, 0) is 55.8 Å². The lowest BCUT2D eigenvalue weighted by molar-refractivity contribution is -0.139. The van der Waals surface area contributed by atoms with Crippen LogP contribution in [-0.4, -0.2) is 40.6 Å². The second-order valence-corrected chi connectivity index (χ2v) is 6.19. The normalized spacial score (nSPS) is 12.6. The van der Waals surface area contributed by atoms with Crippen LogP contribution in [0.1, 0.15) is 12.5 Å². The first-order valence-electron chi connectivity index (χ1n) is 7.12. The van der Waals surface area contributed by atoms with Crippen molar-refractivity contribution < 1.29 is 19.4 Å². The van der Waals surface area contributed by atoms with Crippen molar-refractivity contribution in [1.29, 1.82) is 0 Å². The minimum Gasteiger partial charge on any atom is -0.481 e. The molecule has 132 valence electrons. The molecule has 0 unspecified atom stereocenters. The first-order chi connectivity index (χ1) is 11.9. The number of benzene rings is 1. The zero-order valence-electron chi connectivity index (χ0n) is 13.5. The summed E-state index contributed by atoms with van der Waals surface area (Å²) in [6.45, 7) is 4.75. The Morgan fingerprint density at radius 2 is 2.16 bits per heavy atom. The van der Waals surface area contributed by atoms with Crippen molar-refractivity contribution >= 4 is 46.8 Å². The fourth-order valence-corrected chi connectivity index (χ4v) is 2.69. The zero-order chi connectivity index (χ0) is 18.8. The molecule has 0 heterocycles. The van der Waals surface area contributed by atoms with Crippen molar-refractivity contribution in [2.24, 2.45) is 10.7 Å². The van der Waals surface area contributed by atoms with Crippen LogP contribution in [0, 0.1) is 0 Å². The van der Waals surface area contributed by atoms with Crippen LogP contribution in [0.15, 0.2) is 58.1 Å². The van der Waals surface area contributed by atoms with Gasteiger partial charge in [0, 0.05) is 22.2 Å². The number of carbonyl (C=O) groups is 2.